The molecule has 2 fully saturated rings. The van der Waals surface area contributed by atoms with Gasteiger partial charge >= 0.3 is 0 Å². The number of nitrogen functional groups attached to an aromatic ring is 1. The molecule has 0 spiro atoms. The first-order valence-electron chi connectivity index (χ1n) is 7.60. The number of benzene rings is 1. The van der Waals surface area contributed by atoms with Crippen molar-refractivity contribution in [2.45, 2.75) is 31.7 Å². The van der Waals surface area contributed by atoms with Crippen LogP contribution < -0.4 is 11.1 Å². The fourth-order valence-corrected chi connectivity index (χ4v) is 2.89. The van der Waals surface area contributed by atoms with Crippen LogP contribution in [0.4, 0.5) is 5.69 Å². The van der Waals surface area contributed by atoms with Gasteiger partial charge in [0.2, 0.25) is 0 Å². The topological polar surface area (TPSA) is 58.4 Å². The van der Waals surface area contributed by atoms with Gasteiger partial charge in [-0.15, -0.1) is 24.8 Å². The van der Waals surface area contributed by atoms with Crippen molar-refractivity contribution in [3.8, 4) is 0 Å². The Hall–Kier alpha value is -0.970. The Morgan fingerprint density at radius 3 is 2.36 bits per heavy atom. The van der Waals surface area contributed by atoms with Crippen LogP contribution in [0, 0.1) is 5.92 Å². The summed E-state index contributed by atoms with van der Waals surface area (Å²) in [5.41, 5.74) is 6.98. The Morgan fingerprint density at radius 2 is 1.77 bits per heavy atom. The van der Waals surface area contributed by atoms with E-state index in [4.69, 9.17) is 5.73 Å². The zero-order valence-corrected chi connectivity index (χ0v) is 14.3. The quantitative estimate of drug-likeness (QED) is 0.825. The normalized spacial score (nSPS) is 18.9. The first-order chi connectivity index (χ1) is 9.72. The van der Waals surface area contributed by atoms with Gasteiger partial charge in [0.05, 0.1) is 5.56 Å². The lowest BCUT2D eigenvalue weighted by Gasteiger charge is -2.32. The molecule has 2 aliphatic rings. The molecule has 1 aromatic carbocycles. The molecule has 3 N–H and O–H groups in total. The largest absolute Gasteiger partial charge is 0.398 e. The van der Waals surface area contributed by atoms with Crippen LogP contribution in [0.1, 0.15) is 36.0 Å². The van der Waals surface area contributed by atoms with Crippen molar-refractivity contribution >= 4 is 36.4 Å². The van der Waals surface area contributed by atoms with Crippen LogP contribution in [0.15, 0.2) is 24.3 Å². The van der Waals surface area contributed by atoms with E-state index < -0.39 is 0 Å². The lowest BCUT2D eigenvalue weighted by molar-refractivity contribution is 0.0910. The van der Waals surface area contributed by atoms with E-state index in [2.05, 4.69) is 10.2 Å². The molecule has 0 unspecified atom stereocenters. The summed E-state index contributed by atoms with van der Waals surface area (Å²) in [7, 11) is 0. The van der Waals surface area contributed by atoms with E-state index in [0.29, 0.717) is 11.3 Å². The van der Waals surface area contributed by atoms with Gasteiger partial charge in [0.25, 0.3) is 5.91 Å². The van der Waals surface area contributed by atoms with E-state index in [0.717, 1.165) is 31.8 Å². The highest BCUT2D eigenvalue weighted by molar-refractivity contribution is 5.99. The average Bonchev–Trinajstić information content (AvgIpc) is 3.25. The van der Waals surface area contributed by atoms with E-state index >= 15 is 0 Å². The molecule has 0 aromatic heterocycles. The number of hydrogen-bond acceptors (Lipinski definition) is 3. The number of hydrogen-bond donors (Lipinski definition) is 2. The summed E-state index contributed by atoms with van der Waals surface area (Å²) in [6.07, 6.45) is 4.91. The summed E-state index contributed by atoms with van der Waals surface area (Å²) in [5.74, 6) is 0.911. The van der Waals surface area contributed by atoms with Crippen LogP contribution in [0.3, 0.4) is 0 Å². The first kappa shape index (κ1) is 19.1. The minimum Gasteiger partial charge on any atom is -0.398 e. The second-order valence-electron chi connectivity index (χ2n) is 6.08. The number of rotatable bonds is 4. The molecule has 3 rings (SSSR count). The Morgan fingerprint density at radius 1 is 1.14 bits per heavy atom. The number of amides is 1. The number of para-hydroxylation sites is 1. The second-order valence-corrected chi connectivity index (χ2v) is 6.08. The molecule has 0 radical (unpaired) electrons. The van der Waals surface area contributed by atoms with Gasteiger partial charge in [-0.3, -0.25) is 4.79 Å². The third-order valence-electron chi connectivity index (χ3n) is 4.34. The van der Waals surface area contributed by atoms with Crippen LogP contribution in [0.25, 0.3) is 0 Å². The molecule has 0 bridgehead atoms. The smallest absolute Gasteiger partial charge is 0.253 e. The van der Waals surface area contributed by atoms with Gasteiger partial charge in [-0.25, -0.2) is 0 Å². The van der Waals surface area contributed by atoms with Crippen LogP contribution in [0.2, 0.25) is 0 Å². The third kappa shape index (κ3) is 5.04. The number of nitrogens with one attached hydrogen (secondary N) is 1. The van der Waals surface area contributed by atoms with Crippen molar-refractivity contribution in [1.29, 1.82) is 0 Å². The number of nitrogens with two attached hydrogens (primary N) is 1. The Bertz CT molecular complexity index is 486. The molecule has 1 aliphatic carbocycles. The van der Waals surface area contributed by atoms with Crippen molar-refractivity contribution in [3.63, 3.8) is 0 Å². The molecule has 1 heterocycles. The zero-order valence-electron chi connectivity index (χ0n) is 12.7. The molecule has 1 aromatic rings. The first-order valence-corrected chi connectivity index (χ1v) is 7.60. The fourth-order valence-electron chi connectivity index (χ4n) is 2.89. The zero-order chi connectivity index (χ0) is 13.9. The number of piperidine rings is 1. The maximum Gasteiger partial charge on any atom is 0.253 e. The minimum absolute atomic E-state index is 0. The molecule has 1 saturated carbocycles. The molecule has 0 atom stereocenters. The summed E-state index contributed by atoms with van der Waals surface area (Å²) in [6, 6.07) is 7.55. The number of halogens is 2. The van der Waals surface area contributed by atoms with E-state index in [9.17, 15) is 4.79 Å². The van der Waals surface area contributed by atoms with Gasteiger partial charge in [-0.1, -0.05) is 12.1 Å². The Kier molecular flexibility index (Phi) is 7.46. The predicted octanol–water partition coefficient (Wildman–Crippen LogP) is 2.72. The summed E-state index contributed by atoms with van der Waals surface area (Å²) in [6.45, 7) is 3.46. The Balaban J connectivity index is 0.00000121. The second kappa shape index (κ2) is 8.61. The summed E-state index contributed by atoms with van der Waals surface area (Å²) in [5, 5.41) is 3.12. The van der Waals surface area contributed by atoms with Crippen molar-refractivity contribution in [1.82, 2.24) is 10.2 Å². The van der Waals surface area contributed by atoms with Crippen molar-refractivity contribution in [2.24, 2.45) is 5.92 Å². The molecule has 1 saturated heterocycles. The summed E-state index contributed by atoms with van der Waals surface area (Å²) in [4.78, 5) is 14.7. The van der Waals surface area contributed by atoms with Gasteiger partial charge in [0, 0.05) is 31.4 Å². The molecule has 22 heavy (non-hydrogen) atoms. The Labute approximate surface area is 144 Å². The molecular formula is C16H25Cl2N3O. The summed E-state index contributed by atoms with van der Waals surface area (Å²) >= 11 is 0. The molecule has 1 aliphatic heterocycles. The van der Waals surface area contributed by atoms with Gasteiger partial charge < -0.3 is 16.0 Å². The van der Waals surface area contributed by atoms with Gasteiger partial charge in [0.15, 0.2) is 0 Å². The maximum atomic E-state index is 12.2. The lowest BCUT2D eigenvalue weighted by atomic mass is 10.0. The number of nitrogens with zero attached hydrogens (tertiary/aromatic N) is 1. The highest BCUT2D eigenvalue weighted by Gasteiger charge is 2.27. The van der Waals surface area contributed by atoms with E-state index in [1.165, 1.54) is 19.4 Å². The average molecular weight is 346 g/mol. The van der Waals surface area contributed by atoms with E-state index in [-0.39, 0.29) is 36.8 Å². The van der Waals surface area contributed by atoms with Crippen LogP contribution in [-0.2, 0) is 0 Å². The number of carbonyl (C=O) groups excluding carboxylic acids is 1. The van der Waals surface area contributed by atoms with E-state index in [1.807, 2.05) is 12.1 Å². The molecule has 124 valence electrons. The van der Waals surface area contributed by atoms with Crippen molar-refractivity contribution in [3.05, 3.63) is 29.8 Å². The van der Waals surface area contributed by atoms with Crippen LogP contribution >= 0.6 is 24.8 Å². The van der Waals surface area contributed by atoms with Crippen LogP contribution in [-0.4, -0.2) is 36.5 Å². The van der Waals surface area contributed by atoms with Crippen LogP contribution in [0.5, 0.6) is 0 Å². The van der Waals surface area contributed by atoms with E-state index in [1.54, 1.807) is 12.1 Å². The SMILES string of the molecule is Cl.Cl.Nc1ccccc1C(=O)NC1CCN(CC2CC2)CC1. The number of likely N-dealkylation sites (tertiary alicyclic amines) is 1. The third-order valence-corrected chi connectivity index (χ3v) is 4.34. The molecule has 4 nitrogen and oxygen atoms in total. The van der Waals surface area contributed by atoms with Gasteiger partial charge in [0.1, 0.15) is 0 Å². The number of carbonyl (C=O) groups is 1. The number of anilines is 1. The molecule has 1 amide bonds. The molecular weight excluding hydrogens is 321 g/mol. The summed E-state index contributed by atoms with van der Waals surface area (Å²) < 4.78 is 0. The monoisotopic (exact) mass is 345 g/mol. The van der Waals surface area contributed by atoms with Gasteiger partial charge in [-0.2, -0.15) is 0 Å². The highest BCUT2D eigenvalue weighted by Crippen LogP contribution is 2.30. The lowest BCUT2D eigenvalue weighted by Crippen LogP contribution is -2.45. The standard InChI is InChI=1S/C16H23N3O.2ClH/c17-15-4-2-1-3-14(15)16(20)18-13-7-9-19(10-8-13)11-12-5-6-12;;/h1-4,12-13H,5-11,17H2,(H,18,20);2*1H. The fraction of sp³-hybridized carbons (Fsp3) is 0.562. The van der Waals surface area contributed by atoms with Crippen molar-refractivity contribution in [2.75, 3.05) is 25.4 Å². The van der Waals surface area contributed by atoms with Gasteiger partial charge in [-0.05, 0) is 43.7 Å². The minimum atomic E-state index is -0.0382. The van der Waals surface area contributed by atoms with Crippen molar-refractivity contribution < 1.29 is 4.79 Å². The molecule has 6 heteroatoms. The highest BCUT2D eigenvalue weighted by atomic mass is 35.5. The maximum absolute atomic E-state index is 12.2. The predicted molar refractivity (Wildman–Crippen MR) is 95.0 cm³/mol.